The summed E-state index contributed by atoms with van der Waals surface area (Å²) in [7, 11) is 3.23. The Morgan fingerprint density at radius 1 is 1.44 bits per heavy atom. The van der Waals surface area contributed by atoms with Gasteiger partial charge < -0.3 is 14.6 Å². The Hall–Kier alpha value is -2.54. The lowest BCUT2D eigenvalue weighted by molar-refractivity contribution is -0.120. The molecular weight excluding hydrogens is 338 g/mol. The van der Waals surface area contributed by atoms with Crippen molar-refractivity contribution in [2.45, 2.75) is 19.9 Å². The number of carbonyl (C=O) groups is 2. The Bertz CT molecular complexity index is 839. The third-order valence-corrected chi connectivity index (χ3v) is 4.31. The molecule has 0 saturated heterocycles. The van der Waals surface area contributed by atoms with Gasteiger partial charge in [0.2, 0.25) is 5.91 Å². The molecule has 2 rings (SSSR count). The molecular formula is C18H21N3O3S. The summed E-state index contributed by atoms with van der Waals surface area (Å²) in [5.74, 6) is 0.479. The molecule has 1 N–H and O–H groups in total. The summed E-state index contributed by atoms with van der Waals surface area (Å²) in [5, 5.41) is 4.02. The summed E-state index contributed by atoms with van der Waals surface area (Å²) in [4.78, 5) is 28.3. The van der Waals surface area contributed by atoms with Gasteiger partial charge in [-0.05, 0) is 12.1 Å². The largest absolute Gasteiger partial charge is 0.497 e. The van der Waals surface area contributed by atoms with Crippen molar-refractivity contribution >= 4 is 39.9 Å². The summed E-state index contributed by atoms with van der Waals surface area (Å²) < 4.78 is 7.01. The van der Waals surface area contributed by atoms with Gasteiger partial charge in [0, 0.05) is 36.7 Å². The maximum atomic E-state index is 12.3. The fourth-order valence-electron chi connectivity index (χ4n) is 2.44. The van der Waals surface area contributed by atoms with Crippen LogP contribution >= 0.6 is 11.8 Å². The average Bonchev–Trinajstić information content (AvgIpc) is 2.96. The Kier molecular flexibility index (Phi) is 6.41. The van der Waals surface area contributed by atoms with Gasteiger partial charge in [0.05, 0.1) is 23.2 Å². The summed E-state index contributed by atoms with van der Waals surface area (Å²) in [6, 6.07) is 5.47. The molecule has 1 aromatic heterocycles. The topological polar surface area (TPSA) is 72.7 Å². The van der Waals surface area contributed by atoms with Gasteiger partial charge in [-0.2, -0.15) is 0 Å². The molecule has 2 aromatic rings. The zero-order valence-electron chi connectivity index (χ0n) is 14.5. The van der Waals surface area contributed by atoms with Crippen LogP contribution in [0.4, 0.5) is 0 Å². The molecule has 1 heterocycles. The first-order chi connectivity index (χ1) is 12.0. The van der Waals surface area contributed by atoms with Crippen molar-refractivity contribution in [2.75, 3.05) is 14.2 Å². The first-order valence-electron chi connectivity index (χ1n) is 7.76. The normalized spacial score (nSPS) is 11.0. The van der Waals surface area contributed by atoms with Crippen LogP contribution in [-0.4, -0.2) is 36.0 Å². The Labute approximate surface area is 150 Å². The number of aliphatic imine (C=N–C) groups is 1. The molecule has 0 saturated carbocycles. The van der Waals surface area contributed by atoms with Crippen LogP contribution < -0.4 is 10.1 Å². The standard InChI is InChI=1S/C18H21N3O3S/c1-5-17(22)15-9-21(10-18(23)20-12(2)25-11-19-3)16-8-13(24-4)6-7-14(15)16/h6-9,11H,2,5,10H2,1,3-4H3,(H,20,23). The summed E-state index contributed by atoms with van der Waals surface area (Å²) in [5.41, 5.74) is 2.98. The number of methoxy groups -OCH3 is 1. The third-order valence-electron chi connectivity index (χ3n) is 3.60. The van der Waals surface area contributed by atoms with Crippen molar-refractivity contribution < 1.29 is 14.3 Å². The SMILES string of the molecule is C=C(NC(=O)Cn1cc(C(=O)CC)c2ccc(OC)cc21)SC=NC. The van der Waals surface area contributed by atoms with Crippen LogP contribution in [0.2, 0.25) is 0 Å². The average molecular weight is 359 g/mol. The lowest BCUT2D eigenvalue weighted by atomic mass is 10.1. The molecule has 1 amide bonds. The summed E-state index contributed by atoms with van der Waals surface area (Å²) in [6.45, 7) is 5.66. The number of hydrogen-bond acceptors (Lipinski definition) is 5. The smallest absolute Gasteiger partial charge is 0.244 e. The number of fused-ring (bicyclic) bond motifs is 1. The van der Waals surface area contributed by atoms with Gasteiger partial charge in [-0.3, -0.25) is 14.6 Å². The molecule has 0 aliphatic carbocycles. The molecule has 0 aliphatic rings. The predicted octanol–water partition coefficient (Wildman–Crippen LogP) is 3.22. The highest BCUT2D eigenvalue weighted by Crippen LogP contribution is 2.27. The molecule has 7 heteroatoms. The van der Waals surface area contributed by atoms with E-state index in [-0.39, 0.29) is 18.2 Å². The van der Waals surface area contributed by atoms with E-state index in [0.29, 0.717) is 22.8 Å². The quantitative estimate of drug-likeness (QED) is 0.446. The van der Waals surface area contributed by atoms with E-state index in [2.05, 4.69) is 16.9 Å². The minimum atomic E-state index is -0.225. The number of hydrogen-bond donors (Lipinski definition) is 1. The van der Waals surface area contributed by atoms with Gasteiger partial charge in [-0.25, -0.2) is 0 Å². The summed E-state index contributed by atoms with van der Waals surface area (Å²) in [6.07, 6.45) is 2.13. The van der Waals surface area contributed by atoms with Crippen molar-refractivity contribution in [3.63, 3.8) is 0 Å². The fourth-order valence-corrected chi connectivity index (χ4v) is 2.84. The van der Waals surface area contributed by atoms with Gasteiger partial charge in [-0.15, -0.1) is 0 Å². The van der Waals surface area contributed by atoms with Crippen molar-refractivity contribution in [1.82, 2.24) is 9.88 Å². The molecule has 0 radical (unpaired) electrons. The van der Waals surface area contributed by atoms with Crippen molar-refractivity contribution in [3.05, 3.63) is 41.6 Å². The van der Waals surface area contributed by atoms with Crippen LogP contribution in [0, 0.1) is 0 Å². The molecule has 0 atom stereocenters. The van der Waals surface area contributed by atoms with Crippen LogP contribution in [0.5, 0.6) is 5.75 Å². The minimum Gasteiger partial charge on any atom is -0.497 e. The molecule has 0 fully saturated rings. The van der Waals surface area contributed by atoms with E-state index in [0.717, 1.165) is 10.9 Å². The number of rotatable bonds is 8. The molecule has 0 aliphatic heterocycles. The highest BCUT2D eigenvalue weighted by atomic mass is 32.2. The second-order valence-corrected chi connectivity index (χ2v) is 6.22. The number of ketones is 1. The highest BCUT2D eigenvalue weighted by molar-refractivity contribution is 8.15. The van der Waals surface area contributed by atoms with Gasteiger partial charge in [0.15, 0.2) is 5.78 Å². The number of carbonyl (C=O) groups excluding carboxylic acids is 2. The van der Waals surface area contributed by atoms with Crippen molar-refractivity contribution in [1.29, 1.82) is 0 Å². The van der Waals surface area contributed by atoms with Crippen LogP contribution in [0.1, 0.15) is 23.7 Å². The first kappa shape index (κ1) is 18.8. The first-order valence-corrected chi connectivity index (χ1v) is 8.64. The molecule has 0 spiro atoms. The Morgan fingerprint density at radius 3 is 2.84 bits per heavy atom. The number of nitrogens with zero attached hydrogens (tertiary/aromatic N) is 2. The van der Waals surface area contributed by atoms with Gasteiger partial charge in [0.25, 0.3) is 0 Å². The number of Topliss-reactive ketones (excluding diaryl/α,β-unsaturated/α-hetero) is 1. The Balaban J connectivity index is 2.31. The van der Waals surface area contributed by atoms with Gasteiger partial charge in [-0.1, -0.05) is 25.3 Å². The van der Waals surface area contributed by atoms with E-state index in [1.807, 2.05) is 25.1 Å². The molecule has 132 valence electrons. The van der Waals surface area contributed by atoms with Gasteiger partial charge in [0.1, 0.15) is 12.3 Å². The monoisotopic (exact) mass is 359 g/mol. The zero-order valence-corrected chi connectivity index (χ0v) is 15.4. The molecule has 0 unspecified atom stereocenters. The van der Waals surface area contributed by atoms with E-state index >= 15 is 0 Å². The van der Waals surface area contributed by atoms with Crippen LogP contribution in [-0.2, 0) is 11.3 Å². The maximum absolute atomic E-state index is 12.3. The van der Waals surface area contributed by atoms with E-state index in [1.54, 1.807) is 30.5 Å². The Morgan fingerprint density at radius 2 is 2.20 bits per heavy atom. The number of benzene rings is 1. The van der Waals surface area contributed by atoms with Crippen molar-refractivity contribution in [2.24, 2.45) is 4.99 Å². The maximum Gasteiger partial charge on any atom is 0.244 e. The predicted molar refractivity (Wildman–Crippen MR) is 102 cm³/mol. The zero-order chi connectivity index (χ0) is 18.4. The lowest BCUT2D eigenvalue weighted by Crippen LogP contribution is -2.25. The molecule has 6 nitrogen and oxygen atoms in total. The van der Waals surface area contributed by atoms with E-state index in [4.69, 9.17) is 4.74 Å². The van der Waals surface area contributed by atoms with E-state index < -0.39 is 0 Å². The van der Waals surface area contributed by atoms with Crippen molar-refractivity contribution in [3.8, 4) is 5.75 Å². The fraction of sp³-hybridized carbons (Fsp3) is 0.278. The third kappa shape index (κ3) is 4.51. The van der Waals surface area contributed by atoms with Gasteiger partial charge >= 0.3 is 0 Å². The number of thioether (sulfide) groups is 1. The summed E-state index contributed by atoms with van der Waals surface area (Å²) >= 11 is 1.24. The lowest BCUT2D eigenvalue weighted by Gasteiger charge is -2.08. The number of amides is 1. The second kappa shape index (κ2) is 8.53. The van der Waals surface area contributed by atoms with Crippen LogP contribution in [0.25, 0.3) is 10.9 Å². The van der Waals surface area contributed by atoms with Crippen LogP contribution in [0.15, 0.2) is 41.0 Å². The minimum absolute atomic E-state index is 0.0356. The van der Waals surface area contributed by atoms with E-state index in [9.17, 15) is 9.59 Å². The van der Waals surface area contributed by atoms with Crippen LogP contribution in [0.3, 0.4) is 0 Å². The number of ether oxygens (including phenoxy) is 1. The molecule has 25 heavy (non-hydrogen) atoms. The molecule has 1 aromatic carbocycles. The van der Waals surface area contributed by atoms with E-state index in [1.165, 1.54) is 11.8 Å². The molecule has 0 bridgehead atoms. The highest BCUT2D eigenvalue weighted by Gasteiger charge is 2.16. The number of aromatic nitrogens is 1. The second-order valence-electron chi connectivity index (χ2n) is 5.28. The number of nitrogens with one attached hydrogen (secondary N) is 1.